The third kappa shape index (κ3) is 3.13. The fraction of sp³-hybridized carbons (Fsp3) is 0.160. The first-order chi connectivity index (χ1) is 12.6. The van der Waals surface area contributed by atoms with Crippen LogP contribution in [0.1, 0.15) is 52.4 Å². The number of rotatable bonds is 4. The Balaban J connectivity index is 1.53. The van der Waals surface area contributed by atoms with Gasteiger partial charge in [0.2, 0.25) is 0 Å². The Labute approximate surface area is 155 Å². The molecule has 26 heavy (non-hydrogen) atoms. The smallest absolute Gasteiger partial charge is 0.185 e. The second-order valence-electron chi connectivity index (χ2n) is 7.22. The molecule has 3 aromatic rings. The van der Waals surface area contributed by atoms with Crippen LogP contribution >= 0.6 is 0 Å². The molecule has 0 radical (unpaired) electrons. The minimum Gasteiger partial charge on any atom is -0.289 e. The van der Waals surface area contributed by atoms with Crippen LogP contribution in [0.2, 0.25) is 0 Å². The number of fused-ring (bicyclic) bond motifs is 3. The van der Waals surface area contributed by atoms with E-state index in [1.807, 2.05) is 18.2 Å². The van der Waals surface area contributed by atoms with E-state index in [4.69, 9.17) is 0 Å². The Morgan fingerprint density at radius 2 is 1.62 bits per heavy atom. The molecule has 1 aliphatic rings. The van der Waals surface area contributed by atoms with E-state index in [1.54, 1.807) is 6.08 Å². The Hall–Kier alpha value is -2.93. The largest absolute Gasteiger partial charge is 0.289 e. The van der Waals surface area contributed by atoms with Gasteiger partial charge in [0.1, 0.15) is 0 Å². The zero-order valence-electron chi connectivity index (χ0n) is 15.2. The van der Waals surface area contributed by atoms with E-state index < -0.39 is 0 Å². The van der Waals surface area contributed by atoms with Crippen LogP contribution in [-0.4, -0.2) is 5.78 Å². The van der Waals surface area contributed by atoms with Crippen LogP contribution in [-0.2, 0) is 6.42 Å². The quantitative estimate of drug-likeness (QED) is 0.316. The number of ketones is 1. The van der Waals surface area contributed by atoms with Crippen LogP contribution in [0.3, 0.4) is 0 Å². The summed E-state index contributed by atoms with van der Waals surface area (Å²) in [7, 11) is 0. The van der Waals surface area contributed by atoms with E-state index in [2.05, 4.69) is 68.4 Å². The van der Waals surface area contributed by atoms with Gasteiger partial charge in [0.25, 0.3) is 0 Å². The van der Waals surface area contributed by atoms with E-state index >= 15 is 0 Å². The fourth-order valence-electron chi connectivity index (χ4n) is 3.56. The highest BCUT2D eigenvalue weighted by atomic mass is 16.1. The molecule has 0 amide bonds. The van der Waals surface area contributed by atoms with Gasteiger partial charge < -0.3 is 0 Å². The van der Waals surface area contributed by atoms with Gasteiger partial charge in [-0.3, -0.25) is 4.79 Å². The minimum absolute atomic E-state index is 0.0525. The molecule has 0 saturated heterocycles. The highest BCUT2D eigenvalue weighted by molar-refractivity contribution is 6.07. The van der Waals surface area contributed by atoms with Crippen LogP contribution in [0.5, 0.6) is 0 Å². The minimum atomic E-state index is 0.0525. The summed E-state index contributed by atoms with van der Waals surface area (Å²) < 4.78 is 0. The summed E-state index contributed by atoms with van der Waals surface area (Å²) in [5.74, 6) is 0.571. The molecule has 0 bridgehead atoms. The summed E-state index contributed by atoms with van der Waals surface area (Å²) in [6, 6.07) is 22.9. The molecule has 0 aliphatic heterocycles. The molecule has 0 saturated carbocycles. The summed E-state index contributed by atoms with van der Waals surface area (Å²) in [5, 5.41) is 0. The third-order valence-corrected chi connectivity index (χ3v) is 5.11. The van der Waals surface area contributed by atoms with Gasteiger partial charge in [0.05, 0.1) is 0 Å². The van der Waals surface area contributed by atoms with Crippen molar-refractivity contribution in [2.24, 2.45) is 0 Å². The van der Waals surface area contributed by atoms with Crippen molar-refractivity contribution in [1.29, 1.82) is 0 Å². The summed E-state index contributed by atoms with van der Waals surface area (Å²) in [5.41, 5.74) is 8.25. The number of hydrogen-bond donors (Lipinski definition) is 0. The predicted octanol–water partition coefficient (Wildman–Crippen LogP) is 6.28. The SMILES string of the molecule is CC(C)c1ccc(C=CC(=O)c2ccc3c(c2)Cc2ccccc2-3)cc1. The highest BCUT2D eigenvalue weighted by Crippen LogP contribution is 2.36. The van der Waals surface area contributed by atoms with Gasteiger partial charge in [0, 0.05) is 5.56 Å². The first-order valence-corrected chi connectivity index (χ1v) is 9.15. The van der Waals surface area contributed by atoms with Crippen molar-refractivity contribution in [1.82, 2.24) is 0 Å². The van der Waals surface area contributed by atoms with Gasteiger partial charge in [-0.25, -0.2) is 0 Å². The van der Waals surface area contributed by atoms with Gasteiger partial charge in [0.15, 0.2) is 5.78 Å². The predicted molar refractivity (Wildman–Crippen MR) is 109 cm³/mol. The summed E-state index contributed by atoms with van der Waals surface area (Å²) in [6.07, 6.45) is 4.48. The molecule has 1 nitrogen and oxygen atoms in total. The van der Waals surface area contributed by atoms with Gasteiger partial charge in [-0.1, -0.05) is 80.6 Å². The molecule has 4 rings (SSSR count). The van der Waals surface area contributed by atoms with Crippen LogP contribution in [0.15, 0.2) is 72.8 Å². The topological polar surface area (TPSA) is 17.1 Å². The van der Waals surface area contributed by atoms with Crippen LogP contribution in [0.25, 0.3) is 17.2 Å². The standard InChI is InChI=1S/C25H22O/c1-17(2)19-10-7-18(8-11-19)9-14-25(26)21-12-13-24-22(16-21)15-20-5-3-4-6-23(20)24/h3-14,16-17H,15H2,1-2H3. The molecule has 0 N–H and O–H groups in total. The van der Waals surface area contributed by atoms with Crippen molar-refractivity contribution in [3.8, 4) is 11.1 Å². The zero-order chi connectivity index (χ0) is 18.1. The normalized spacial score (nSPS) is 12.4. The fourth-order valence-corrected chi connectivity index (χ4v) is 3.56. The molecular formula is C25H22O. The molecule has 1 heteroatoms. The summed E-state index contributed by atoms with van der Waals surface area (Å²) >= 11 is 0. The first-order valence-electron chi connectivity index (χ1n) is 9.15. The number of allylic oxidation sites excluding steroid dienone is 1. The molecule has 0 unspecified atom stereocenters. The molecule has 1 aliphatic carbocycles. The van der Waals surface area contributed by atoms with E-state index in [9.17, 15) is 4.79 Å². The van der Waals surface area contributed by atoms with E-state index in [0.717, 1.165) is 17.5 Å². The van der Waals surface area contributed by atoms with Gasteiger partial charge in [-0.15, -0.1) is 0 Å². The van der Waals surface area contributed by atoms with Crippen LogP contribution < -0.4 is 0 Å². The Bertz CT molecular complexity index is 991. The van der Waals surface area contributed by atoms with Crippen molar-refractivity contribution in [2.45, 2.75) is 26.2 Å². The third-order valence-electron chi connectivity index (χ3n) is 5.11. The molecule has 0 fully saturated rings. The number of hydrogen-bond acceptors (Lipinski definition) is 1. The van der Waals surface area contributed by atoms with E-state index in [1.165, 1.54) is 27.8 Å². The molecule has 128 valence electrons. The average Bonchev–Trinajstić information content (AvgIpc) is 3.04. The Kier molecular flexibility index (Phi) is 4.30. The van der Waals surface area contributed by atoms with Gasteiger partial charge >= 0.3 is 0 Å². The second kappa shape index (κ2) is 6.76. The number of carbonyl (C=O) groups excluding carboxylic acids is 1. The Morgan fingerprint density at radius 3 is 2.38 bits per heavy atom. The van der Waals surface area contributed by atoms with Crippen molar-refractivity contribution >= 4 is 11.9 Å². The maximum atomic E-state index is 12.6. The van der Waals surface area contributed by atoms with E-state index in [0.29, 0.717) is 5.92 Å². The first kappa shape index (κ1) is 16.5. The number of carbonyl (C=O) groups is 1. The zero-order valence-corrected chi connectivity index (χ0v) is 15.2. The molecular weight excluding hydrogens is 316 g/mol. The van der Waals surface area contributed by atoms with Crippen molar-refractivity contribution in [2.75, 3.05) is 0 Å². The van der Waals surface area contributed by atoms with Crippen molar-refractivity contribution < 1.29 is 4.79 Å². The lowest BCUT2D eigenvalue weighted by Gasteiger charge is -2.05. The van der Waals surface area contributed by atoms with Crippen molar-refractivity contribution in [3.05, 3.63) is 101 Å². The Morgan fingerprint density at radius 1 is 0.885 bits per heavy atom. The number of benzene rings is 3. The van der Waals surface area contributed by atoms with Gasteiger partial charge in [-0.05, 0) is 57.9 Å². The van der Waals surface area contributed by atoms with Crippen LogP contribution in [0.4, 0.5) is 0 Å². The highest BCUT2D eigenvalue weighted by Gasteiger charge is 2.18. The molecule has 0 atom stereocenters. The lowest BCUT2D eigenvalue weighted by molar-refractivity contribution is 0.104. The molecule has 0 heterocycles. The van der Waals surface area contributed by atoms with E-state index in [-0.39, 0.29) is 5.78 Å². The lowest BCUT2D eigenvalue weighted by atomic mass is 10.00. The summed E-state index contributed by atoms with van der Waals surface area (Å²) in [4.78, 5) is 12.6. The maximum Gasteiger partial charge on any atom is 0.185 e. The molecule has 0 spiro atoms. The van der Waals surface area contributed by atoms with Gasteiger partial charge in [-0.2, -0.15) is 0 Å². The maximum absolute atomic E-state index is 12.6. The average molecular weight is 338 g/mol. The lowest BCUT2D eigenvalue weighted by Crippen LogP contribution is -1.95. The van der Waals surface area contributed by atoms with Crippen LogP contribution in [0, 0.1) is 0 Å². The molecule has 3 aromatic carbocycles. The van der Waals surface area contributed by atoms with Crippen molar-refractivity contribution in [3.63, 3.8) is 0 Å². The summed E-state index contributed by atoms with van der Waals surface area (Å²) in [6.45, 7) is 4.36. The molecule has 0 aromatic heterocycles. The second-order valence-corrected chi connectivity index (χ2v) is 7.22. The monoisotopic (exact) mass is 338 g/mol.